The first-order valence-corrected chi connectivity index (χ1v) is 6.47. The van der Waals surface area contributed by atoms with Crippen LogP contribution in [-0.4, -0.2) is 5.90 Å². The molecule has 0 fully saturated rings. The van der Waals surface area contributed by atoms with Crippen molar-refractivity contribution in [3.8, 4) is 0 Å². The number of rotatable bonds is 2. The lowest BCUT2D eigenvalue weighted by atomic mass is 10.1. The number of hydrogen-bond donors (Lipinski definition) is 0. The highest BCUT2D eigenvalue weighted by atomic mass is 16.3. The van der Waals surface area contributed by atoms with E-state index in [0.29, 0.717) is 5.56 Å². The Morgan fingerprint density at radius 2 is 1.65 bits per heavy atom. The standard InChI is InChI=1S/C17H14N2O/c1-13-16-10-6-5-7-14(16)11-12-19(13)18-17(20)15-8-3-2-4-9-15/h2-12H,1H3. The van der Waals surface area contributed by atoms with Gasteiger partial charge in [0.1, 0.15) is 0 Å². The topological polar surface area (TPSA) is 39.3 Å². The predicted molar refractivity (Wildman–Crippen MR) is 77.3 cm³/mol. The number of benzene rings is 2. The Bertz CT molecular complexity index is 779. The minimum atomic E-state index is -0.242. The summed E-state index contributed by atoms with van der Waals surface area (Å²) in [6, 6.07) is 19.1. The summed E-state index contributed by atoms with van der Waals surface area (Å²) in [4.78, 5) is 0. The normalized spacial score (nSPS) is 11.8. The number of nitrogens with zero attached hydrogens (tertiary/aromatic N) is 2. The molecule has 98 valence electrons. The minimum absolute atomic E-state index is 0.242. The molecule has 1 aromatic heterocycles. The minimum Gasteiger partial charge on any atom is -0.854 e. The zero-order valence-corrected chi connectivity index (χ0v) is 11.2. The van der Waals surface area contributed by atoms with Crippen molar-refractivity contribution >= 4 is 16.7 Å². The van der Waals surface area contributed by atoms with E-state index in [0.717, 1.165) is 16.5 Å². The maximum Gasteiger partial charge on any atom is 0.219 e. The number of fused-ring (bicyclic) bond motifs is 1. The molecule has 0 bridgehead atoms. The van der Waals surface area contributed by atoms with Crippen LogP contribution in [-0.2, 0) is 0 Å². The summed E-state index contributed by atoms with van der Waals surface area (Å²) in [5, 5.41) is 18.5. The monoisotopic (exact) mass is 262 g/mol. The molecule has 3 aromatic rings. The highest BCUT2D eigenvalue weighted by Crippen LogP contribution is 2.14. The summed E-state index contributed by atoms with van der Waals surface area (Å²) < 4.78 is 1.64. The lowest BCUT2D eigenvalue weighted by molar-refractivity contribution is -0.686. The second-order valence-electron chi connectivity index (χ2n) is 4.60. The van der Waals surface area contributed by atoms with E-state index in [4.69, 9.17) is 0 Å². The van der Waals surface area contributed by atoms with E-state index in [2.05, 4.69) is 5.10 Å². The van der Waals surface area contributed by atoms with Crippen LogP contribution in [0.1, 0.15) is 11.3 Å². The van der Waals surface area contributed by atoms with Crippen LogP contribution in [0.5, 0.6) is 0 Å². The molecule has 0 N–H and O–H groups in total. The van der Waals surface area contributed by atoms with E-state index >= 15 is 0 Å². The highest BCUT2D eigenvalue weighted by Gasteiger charge is 2.09. The largest absolute Gasteiger partial charge is 0.854 e. The Balaban J connectivity index is 2.09. The second kappa shape index (κ2) is 5.13. The van der Waals surface area contributed by atoms with E-state index in [-0.39, 0.29) is 5.90 Å². The molecule has 3 nitrogen and oxygen atoms in total. The van der Waals surface area contributed by atoms with Crippen molar-refractivity contribution in [1.29, 1.82) is 0 Å². The number of aryl methyl sites for hydroxylation is 1. The molecule has 20 heavy (non-hydrogen) atoms. The maximum absolute atomic E-state index is 12.1. The van der Waals surface area contributed by atoms with Crippen molar-refractivity contribution in [3.63, 3.8) is 0 Å². The molecular weight excluding hydrogens is 248 g/mol. The zero-order chi connectivity index (χ0) is 13.9. The molecule has 0 aliphatic carbocycles. The van der Waals surface area contributed by atoms with Crippen molar-refractivity contribution in [1.82, 2.24) is 0 Å². The highest BCUT2D eigenvalue weighted by molar-refractivity contribution is 5.90. The summed E-state index contributed by atoms with van der Waals surface area (Å²) >= 11 is 0. The van der Waals surface area contributed by atoms with Gasteiger partial charge in [0.2, 0.25) is 11.9 Å². The van der Waals surface area contributed by atoms with Gasteiger partial charge in [-0.1, -0.05) is 53.2 Å². The van der Waals surface area contributed by atoms with Gasteiger partial charge >= 0.3 is 0 Å². The van der Waals surface area contributed by atoms with E-state index in [1.165, 1.54) is 0 Å². The summed E-state index contributed by atoms with van der Waals surface area (Å²) in [6.07, 6.45) is 1.82. The predicted octanol–water partition coefficient (Wildman–Crippen LogP) is 2.01. The Kier molecular flexibility index (Phi) is 3.17. The molecule has 0 spiro atoms. The molecule has 2 aromatic carbocycles. The lowest BCUT2D eigenvalue weighted by Crippen LogP contribution is -2.36. The summed E-state index contributed by atoms with van der Waals surface area (Å²) in [5.74, 6) is -0.242. The molecule has 1 heterocycles. The fourth-order valence-electron chi connectivity index (χ4n) is 2.20. The van der Waals surface area contributed by atoms with Crippen molar-refractivity contribution in [2.24, 2.45) is 5.10 Å². The van der Waals surface area contributed by atoms with E-state index in [1.807, 2.05) is 61.7 Å². The average Bonchev–Trinajstić information content (AvgIpc) is 2.51. The molecule has 3 rings (SSSR count). The van der Waals surface area contributed by atoms with Crippen LogP contribution < -0.4 is 9.78 Å². The van der Waals surface area contributed by atoms with Crippen molar-refractivity contribution < 1.29 is 9.78 Å². The van der Waals surface area contributed by atoms with E-state index in [1.54, 1.807) is 16.8 Å². The summed E-state index contributed by atoms with van der Waals surface area (Å²) in [5.41, 5.74) is 1.54. The molecule has 3 heteroatoms. The van der Waals surface area contributed by atoms with Crippen molar-refractivity contribution in [3.05, 3.63) is 78.1 Å². The first-order chi connectivity index (χ1) is 9.75. The molecule has 0 aliphatic heterocycles. The van der Waals surface area contributed by atoms with Gasteiger partial charge in [-0.15, -0.1) is 0 Å². The third-order valence-electron chi connectivity index (χ3n) is 3.31. The van der Waals surface area contributed by atoms with Gasteiger partial charge in [0, 0.05) is 13.0 Å². The van der Waals surface area contributed by atoms with Crippen LogP contribution >= 0.6 is 0 Å². The Hall–Kier alpha value is -2.68. The molecule has 0 atom stereocenters. The summed E-state index contributed by atoms with van der Waals surface area (Å²) in [7, 11) is 0. The smallest absolute Gasteiger partial charge is 0.219 e. The van der Waals surface area contributed by atoms with Gasteiger partial charge in [-0.3, -0.25) is 0 Å². The third-order valence-corrected chi connectivity index (χ3v) is 3.31. The molecule has 0 saturated heterocycles. The van der Waals surface area contributed by atoms with Gasteiger partial charge < -0.3 is 5.11 Å². The van der Waals surface area contributed by atoms with Crippen molar-refractivity contribution in [2.45, 2.75) is 6.92 Å². The molecule has 0 saturated carbocycles. The summed E-state index contributed by atoms with van der Waals surface area (Å²) in [6.45, 7) is 1.96. The fraction of sp³-hybridized carbons (Fsp3) is 0.0588. The van der Waals surface area contributed by atoms with Crippen LogP contribution in [0.2, 0.25) is 0 Å². The third kappa shape index (κ3) is 2.26. The van der Waals surface area contributed by atoms with E-state index in [9.17, 15) is 5.11 Å². The number of pyridine rings is 1. The van der Waals surface area contributed by atoms with E-state index < -0.39 is 0 Å². The van der Waals surface area contributed by atoms with Crippen LogP contribution in [0.25, 0.3) is 10.8 Å². The molecule has 0 aliphatic rings. The molecular formula is C17H14N2O. The number of aromatic nitrogens is 1. The fourth-order valence-corrected chi connectivity index (χ4v) is 2.20. The van der Waals surface area contributed by atoms with Gasteiger partial charge in [-0.25, -0.2) is 0 Å². The van der Waals surface area contributed by atoms with Crippen molar-refractivity contribution in [2.75, 3.05) is 0 Å². The van der Waals surface area contributed by atoms with Crippen LogP contribution in [0.4, 0.5) is 0 Å². The Labute approximate surface area is 117 Å². The molecule has 0 amide bonds. The second-order valence-corrected chi connectivity index (χ2v) is 4.60. The van der Waals surface area contributed by atoms with Crippen LogP contribution in [0, 0.1) is 6.92 Å². The van der Waals surface area contributed by atoms with Crippen LogP contribution in [0.15, 0.2) is 72.0 Å². The molecule has 0 unspecified atom stereocenters. The number of hydrogen-bond acceptors (Lipinski definition) is 2. The maximum atomic E-state index is 12.1. The van der Waals surface area contributed by atoms with Gasteiger partial charge in [-0.05, 0) is 22.1 Å². The zero-order valence-electron chi connectivity index (χ0n) is 11.2. The SMILES string of the molecule is Cc1c2ccccc2cc[n+]1/N=C(\[O-])c1ccccc1. The Morgan fingerprint density at radius 1 is 0.950 bits per heavy atom. The van der Waals surface area contributed by atoms with Gasteiger partial charge in [0.15, 0.2) is 0 Å². The van der Waals surface area contributed by atoms with Gasteiger partial charge in [-0.2, -0.15) is 0 Å². The quantitative estimate of drug-likeness (QED) is 0.395. The first-order valence-electron chi connectivity index (χ1n) is 6.47. The van der Waals surface area contributed by atoms with Gasteiger partial charge in [0.05, 0.1) is 11.3 Å². The van der Waals surface area contributed by atoms with Gasteiger partial charge in [0.25, 0.3) is 0 Å². The van der Waals surface area contributed by atoms with Crippen LogP contribution in [0.3, 0.4) is 0 Å². The average molecular weight is 262 g/mol. The first kappa shape index (κ1) is 12.4. The lowest BCUT2D eigenvalue weighted by Gasteiger charge is -2.07. The Morgan fingerprint density at radius 3 is 2.45 bits per heavy atom. The molecule has 0 radical (unpaired) electrons.